The highest BCUT2D eigenvalue weighted by atomic mass is 16.6. The highest BCUT2D eigenvalue weighted by molar-refractivity contribution is 5.99. The maximum absolute atomic E-state index is 12.2. The summed E-state index contributed by atoms with van der Waals surface area (Å²) >= 11 is 0. The van der Waals surface area contributed by atoms with Crippen LogP contribution in [-0.2, 0) is 10.2 Å². The van der Waals surface area contributed by atoms with Gasteiger partial charge in [0.25, 0.3) is 5.91 Å². The third kappa shape index (κ3) is 6.49. The highest BCUT2D eigenvalue weighted by Gasteiger charge is 2.27. The number of rotatable bonds is 7. The van der Waals surface area contributed by atoms with E-state index in [1.807, 2.05) is 37.3 Å². The van der Waals surface area contributed by atoms with Gasteiger partial charge in [0, 0.05) is 5.56 Å². The first-order valence-electron chi connectivity index (χ1n) is 11.0. The first kappa shape index (κ1) is 23.6. The van der Waals surface area contributed by atoms with Gasteiger partial charge in [-0.15, -0.1) is 0 Å². The molecule has 6 nitrogen and oxygen atoms in total. The van der Waals surface area contributed by atoms with Gasteiger partial charge in [-0.1, -0.05) is 46.8 Å². The fourth-order valence-electron chi connectivity index (χ4n) is 4.09. The molecule has 0 spiro atoms. The van der Waals surface area contributed by atoms with Gasteiger partial charge in [0.15, 0.2) is 18.1 Å². The van der Waals surface area contributed by atoms with Crippen LogP contribution in [0.15, 0.2) is 47.6 Å². The lowest BCUT2D eigenvalue weighted by Gasteiger charge is -2.33. The van der Waals surface area contributed by atoms with Crippen molar-refractivity contribution in [2.45, 2.75) is 53.4 Å². The van der Waals surface area contributed by atoms with Crippen molar-refractivity contribution in [3.05, 3.63) is 53.6 Å². The standard InChI is InChI=1S/C26H34N2O4/c1-18(19-7-12-22-23(15-19)31-14-13-30-22)27-28-24(29)16-32-21-10-8-20(9-11-21)26(5,6)17-25(2,3)4/h7-12,15H,13-14,16-17H2,1-6H3,(H,28,29). The third-order valence-electron chi connectivity index (χ3n) is 5.29. The number of nitrogens with zero attached hydrogens (tertiary/aromatic N) is 1. The van der Waals surface area contributed by atoms with E-state index in [1.165, 1.54) is 5.56 Å². The number of fused-ring (bicyclic) bond motifs is 1. The average Bonchev–Trinajstić information content (AvgIpc) is 2.74. The molecule has 1 aliphatic rings. The summed E-state index contributed by atoms with van der Waals surface area (Å²) in [5.74, 6) is 1.74. The summed E-state index contributed by atoms with van der Waals surface area (Å²) in [4.78, 5) is 12.2. The molecule has 32 heavy (non-hydrogen) atoms. The molecule has 2 aromatic carbocycles. The van der Waals surface area contributed by atoms with Crippen LogP contribution in [0, 0.1) is 5.41 Å². The summed E-state index contributed by atoms with van der Waals surface area (Å²) in [7, 11) is 0. The van der Waals surface area contributed by atoms with Gasteiger partial charge in [-0.05, 0) is 60.1 Å². The Morgan fingerprint density at radius 3 is 2.31 bits per heavy atom. The Kier molecular flexibility index (Phi) is 7.12. The fraction of sp³-hybridized carbons (Fsp3) is 0.462. The van der Waals surface area contributed by atoms with Crippen LogP contribution in [0.1, 0.15) is 59.1 Å². The number of nitrogens with one attached hydrogen (secondary N) is 1. The minimum atomic E-state index is -0.320. The summed E-state index contributed by atoms with van der Waals surface area (Å²) in [6.07, 6.45) is 1.07. The average molecular weight is 439 g/mol. The maximum Gasteiger partial charge on any atom is 0.277 e. The molecule has 6 heteroatoms. The minimum absolute atomic E-state index is 0.0637. The molecular formula is C26H34N2O4. The molecule has 0 aliphatic carbocycles. The van der Waals surface area contributed by atoms with Crippen molar-refractivity contribution in [2.24, 2.45) is 10.5 Å². The van der Waals surface area contributed by atoms with E-state index in [0.717, 1.165) is 17.7 Å². The van der Waals surface area contributed by atoms with Crippen molar-refractivity contribution in [1.29, 1.82) is 0 Å². The Morgan fingerprint density at radius 1 is 1.00 bits per heavy atom. The predicted molar refractivity (Wildman–Crippen MR) is 127 cm³/mol. The lowest BCUT2D eigenvalue weighted by atomic mass is 9.72. The number of carbonyl (C=O) groups is 1. The molecule has 1 N–H and O–H groups in total. The molecule has 2 aromatic rings. The lowest BCUT2D eigenvalue weighted by molar-refractivity contribution is -0.123. The third-order valence-corrected chi connectivity index (χ3v) is 5.29. The molecule has 1 aliphatic heterocycles. The molecular weight excluding hydrogens is 404 g/mol. The van der Waals surface area contributed by atoms with Crippen LogP contribution < -0.4 is 19.6 Å². The Morgan fingerprint density at radius 2 is 1.66 bits per heavy atom. The zero-order valence-corrected chi connectivity index (χ0v) is 20.0. The fourth-order valence-corrected chi connectivity index (χ4v) is 4.09. The van der Waals surface area contributed by atoms with Crippen LogP contribution in [0.5, 0.6) is 17.2 Å². The van der Waals surface area contributed by atoms with E-state index < -0.39 is 0 Å². The van der Waals surface area contributed by atoms with Gasteiger partial charge in [0.2, 0.25) is 0 Å². The van der Waals surface area contributed by atoms with Crippen molar-refractivity contribution in [2.75, 3.05) is 19.8 Å². The zero-order valence-electron chi connectivity index (χ0n) is 20.0. The topological polar surface area (TPSA) is 69.2 Å². The number of carbonyl (C=O) groups excluding carboxylic acids is 1. The van der Waals surface area contributed by atoms with E-state index >= 15 is 0 Å². The Balaban J connectivity index is 1.52. The molecule has 0 saturated carbocycles. The van der Waals surface area contributed by atoms with E-state index in [9.17, 15) is 4.79 Å². The van der Waals surface area contributed by atoms with Gasteiger partial charge in [-0.2, -0.15) is 5.10 Å². The maximum atomic E-state index is 12.2. The lowest BCUT2D eigenvalue weighted by Crippen LogP contribution is -2.26. The SMILES string of the molecule is CC(=NNC(=O)COc1ccc(C(C)(C)CC(C)(C)C)cc1)c1ccc2c(c1)OCCO2. The van der Waals surface area contributed by atoms with Crippen molar-refractivity contribution in [3.8, 4) is 17.2 Å². The number of benzene rings is 2. The van der Waals surface area contributed by atoms with Gasteiger partial charge < -0.3 is 14.2 Å². The summed E-state index contributed by atoms with van der Waals surface area (Å²) in [6, 6.07) is 13.6. The highest BCUT2D eigenvalue weighted by Crippen LogP contribution is 2.36. The molecule has 0 radical (unpaired) electrons. The number of hydrogen-bond acceptors (Lipinski definition) is 5. The van der Waals surface area contributed by atoms with E-state index in [-0.39, 0.29) is 23.3 Å². The molecule has 0 saturated heterocycles. The van der Waals surface area contributed by atoms with Crippen LogP contribution in [-0.4, -0.2) is 31.4 Å². The molecule has 1 heterocycles. The van der Waals surface area contributed by atoms with Crippen molar-refractivity contribution >= 4 is 11.6 Å². The minimum Gasteiger partial charge on any atom is -0.486 e. The second-order valence-corrected chi connectivity index (χ2v) is 10.0. The smallest absolute Gasteiger partial charge is 0.277 e. The summed E-state index contributed by atoms with van der Waals surface area (Å²) in [6.45, 7) is 14.1. The van der Waals surface area contributed by atoms with E-state index in [0.29, 0.717) is 30.4 Å². The number of amides is 1. The summed E-state index contributed by atoms with van der Waals surface area (Å²) < 4.78 is 16.8. The monoisotopic (exact) mass is 438 g/mol. The quantitative estimate of drug-likeness (QED) is 0.483. The van der Waals surface area contributed by atoms with Crippen molar-refractivity contribution in [1.82, 2.24) is 5.43 Å². The Hall–Kier alpha value is -3.02. The molecule has 3 rings (SSSR count). The molecule has 172 valence electrons. The molecule has 0 atom stereocenters. The second kappa shape index (κ2) is 9.63. The summed E-state index contributed by atoms with van der Waals surface area (Å²) in [5, 5.41) is 4.18. The second-order valence-electron chi connectivity index (χ2n) is 10.0. The molecule has 1 amide bonds. The summed E-state index contributed by atoms with van der Waals surface area (Å²) in [5.41, 5.74) is 5.63. The largest absolute Gasteiger partial charge is 0.486 e. The van der Waals surface area contributed by atoms with E-state index in [2.05, 4.69) is 57.3 Å². The first-order chi connectivity index (χ1) is 15.0. The van der Waals surface area contributed by atoms with Gasteiger partial charge in [-0.3, -0.25) is 4.79 Å². The van der Waals surface area contributed by atoms with Crippen LogP contribution in [0.2, 0.25) is 0 Å². The van der Waals surface area contributed by atoms with Crippen LogP contribution in [0.4, 0.5) is 0 Å². The van der Waals surface area contributed by atoms with Crippen molar-refractivity contribution in [3.63, 3.8) is 0 Å². The van der Waals surface area contributed by atoms with Crippen molar-refractivity contribution < 1.29 is 19.0 Å². The van der Waals surface area contributed by atoms with Gasteiger partial charge in [0.1, 0.15) is 19.0 Å². The van der Waals surface area contributed by atoms with Crippen LogP contribution in [0.25, 0.3) is 0 Å². The predicted octanol–water partition coefficient (Wildman–Crippen LogP) is 5.09. The van der Waals surface area contributed by atoms with Gasteiger partial charge >= 0.3 is 0 Å². The molecule has 0 aromatic heterocycles. The van der Waals surface area contributed by atoms with Crippen LogP contribution >= 0.6 is 0 Å². The van der Waals surface area contributed by atoms with E-state index in [1.54, 1.807) is 0 Å². The molecule has 0 bridgehead atoms. The van der Waals surface area contributed by atoms with Gasteiger partial charge in [-0.25, -0.2) is 5.43 Å². The Bertz CT molecular complexity index is 972. The van der Waals surface area contributed by atoms with Crippen LogP contribution in [0.3, 0.4) is 0 Å². The van der Waals surface area contributed by atoms with E-state index in [4.69, 9.17) is 14.2 Å². The Labute approximate surface area is 191 Å². The van der Waals surface area contributed by atoms with Gasteiger partial charge in [0.05, 0.1) is 5.71 Å². The first-order valence-corrected chi connectivity index (χ1v) is 11.0. The molecule has 0 unspecified atom stereocenters. The number of hydrogen-bond donors (Lipinski definition) is 1. The number of hydrazone groups is 1. The molecule has 0 fully saturated rings. The zero-order chi connectivity index (χ0) is 23.4. The number of ether oxygens (including phenoxy) is 3. The normalized spacial score (nSPS) is 14.1.